The molecule has 0 saturated heterocycles. The molecule has 1 aromatic carbocycles. The molecule has 0 aromatic heterocycles. The summed E-state index contributed by atoms with van der Waals surface area (Å²) in [6, 6.07) is 7.47. The number of guanidine groups is 1. The van der Waals surface area contributed by atoms with Crippen LogP contribution >= 0.6 is 0 Å². The number of nitrogens with zero attached hydrogens (tertiary/aromatic N) is 4. The smallest absolute Gasteiger partial charge is 0.299 e. The highest BCUT2D eigenvalue weighted by Gasteiger charge is 2.35. The van der Waals surface area contributed by atoms with E-state index >= 15 is 0 Å². The molecule has 1 saturated carbocycles. The number of benzene rings is 1. The van der Waals surface area contributed by atoms with Crippen LogP contribution in [0.4, 0.5) is 0 Å². The fraction of sp³-hybridized carbons (Fsp3) is 0.250. The standard InChI is InChI=1S/C16H14N4O2/c1-22-11-7-5-10(6-8-11)9-14-15(21)18-16-17-12-3-2-4-13(12)19-20(14)16/h5-9H,2-4H2,1H3. The van der Waals surface area contributed by atoms with Gasteiger partial charge in [-0.15, -0.1) is 0 Å². The van der Waals surface area contributed by atoms with E-state index in [2.05, 4.69) is 15.1 Å². The van der Waals surface area contributed by atoms with Gasteiger partial charge in [-0.1, -0.05) is 12.1 Å². The Morgan fingerprint density at radius 2 is 1.91 bits per heavy atom. The predicted octanol–water partition coefficient (Wildman–Crippen LogP) is 2.23. The van der Waals surface area contributed by atoms with Crippen molar-refractivity contribution in [1.82, 2.24) is 5.01 Å². The van der Waals surface area contributed by atoms with E-state index in [1.165, 1.54) is 0 Å². The molecule has 0 N–H and O–H groups in total. The van der Waals surface area contributed by atoms with Gasteiger partial charge in [0, 0.05) is 0 Å². The van der Waals surface area contributed by atoms with Gasteiger partial charge in [0.25, 0.3) is 11.9 Å². The molecule has 0 atom stereocenters. The number of amides is 1. The van der Waals surface area contributed by atoms with E-state index in [0.29, 0.717) is 11.7 Å². The van der Waals surface area contributed by atoms with Gasteiger partial charge in [0.05, 0.1) is 18.5 Å². The lowest BCUT2D eigenvalue weighted by atomic mass is 10.2. The van der Waals surface area contributed by atoms with Crippen molar-refractivity contribution in [2.24, 2.45) is 15.1 Å². The van der Waals surface area contributed by atoms with Crippen LogP contribution in [0.1, 0.15) is 24.8 Å². The third-order valence-corrected chi connectivity index (χ3v) is 3.87. The summed E-state index contributed by atoms with van der Waals surface area (Å²) < 4.78 is 5.13. The van der Waals surface area contributed by atoms with Gasteiger partial charge >= 0.3 is 0 Å². The summed E-state index contributed by atoms with van der Waals surface area (Å²) in [7, 11) is 1.62. The van der Waals surface area contributed by atoms with Crippen LogP contribution in [-0.4, -0.2) is 35.4 Å². The molecule has 0 bridgehead atoms. The highest BCUT2D eigenvalue weighted by molar-refractivity contribution is 6.46. The zero-order chi connectivity index (χ0) is 15.1. The Labute approximate surface area is 127 Å². The molecule has 6 nitrogen and oxygen atoms in total. The number of rotatable bonds is 2. The molecule has 2 heterocycles. The molecule has 1 aromatic rings. The second-order valence-corrected chi connectivity index (χ2v) is 5.29. The number of carbonyl (C=O) groups excluding carboxylic acids is 1. The topological polar surface area (TPSA) is 66.6 Å². The van der Waals surface area contributed by atoms with E-state index < -0.39 is 0 Å². The van der Waals surface area contributed by atoms with Gasteiger partial charge < -0.3 is 4.74 Å². The Morgan fingerprint density at radius 3 is 2.68 bits per heavy atom. The van der Waals surface area contributed by atoms with Gasteiger partial charge in [-0.05, 0) is 43.0 Å². The second kappa shape index (κ2) is 4.91. The number of ether oxygens (including phenoxy) is 1. The first-order valence-electron chi connectivity index (χ1n) is 7.19. The monoisotopic (exact) mass is 294 g/mol. The molecule has 1 fully saturated rings. The number of hydrazone groups is 1. The van der Waals surface area contributed by atoms with Crippen molar-refractivity contribution >= 4 is 29.4 Å². The number of carbonyl (C=O) groups is 1. The fourth-order valence-electron chi connectivity index (χ4n) is 2.73. The highest BCUT2D eigenvalue weighted by Crippen LogP contribution is 2.27. The van der Waals surface area contributed by atoms with Crippen LogP contribution in [0.5, 0.6) is 5.75 Å². The molecule has 0 unspecified atom stereocenters. The van der Waals surface area contributed by atoms with E-state index in [4.69, 9.17) is 4.74 Å². The Morgan fingerprint density at radius 1 is 1.14 bits per heavy atom. The maximum absolute atomic E-state index is 12.1. The minimum absolute atomic E-state index is 0.306. The first-order chi connectivity index (χ1) is 10.7. The summed E-state index contributed by atoms with van der Waals surface area (Å²) in [6.45, 7) is 0. The average Bonchev–Trinajstić information content (AvgIpc) is 3.10. The van der Waals surface area contributed by atoms with E-state index in [9.17, 15) is 4.79 Å². The first-order valence-corrected chi connectivity index (χ1v) is 7.19. The summed E-state index contributed by atoms with van der Waals surface area (Å²) in [5.41, 5.74) is 3.26. The zero-order valence-electron chi connectivity index (χ0n) is 12.1. The summed E-state index contributed by atoms with van der Waals surface area (Å²) in [5, 5.41) is 6.09. The molecule has 1 aliphatic carbocycles. The molecule has 2 aliphatic heterocycles. The van der Waals surface area contributed by atoms with Gasteiger partial charge in [-0.3, -0.25) is 4.79 Å². The van der Waals surface area contributed by atoms with E-state index in [0.717, 1.165) is 42.0 Å². The van der Waals surface area contributed by atoms with Gasteiger partial charge in [-0.2, -0.15) is 15.1 Å². The van der Waals surface area contributed by atoms with Gasteiger partial charge in [-0.25, -0.2) is 4.99 Å². The van der Waals surface area contributed by atoms with E-state index in [1.54, 1.807) is 18.2 Å². The van der Waals surface area contributed by atoms with Crippen molar-refractivity contribution in [2.45, 2.75) is 19.3 Å². The van der Waals surface area contributed by atoms with Crippen molar-refractivity contribution in [3.05, 3.63) is 35.5 Å². The Hall–Kier alpha value is -2.76. The lowest BCUT2D eigenvalue weighted by Gasteiger charge is -2.18. The summed E-state index contributed by atoms with van der Waals surface area (Å²) in [4.78, 5) is 20.6. The number of hydrogen-bond donors (Lipinski definition) is 0. The SMILES string of the molecule is COc1ccc(C=C2C(=O)N=C3N=C4CCCC4=NN23)cc1. The molecule has 0 spiro atoms. The minimum Gasteiger partial charge on any atom is -0.497 e. The van der Waals surface area contributed by atoms with E-state index in [1.807, 2.05) is 24.3 Å². The maximum Gasteiger partial charge on any atom is 0.299 e. The molecular formula is C16H14N4O2. The number of aliphatic imine (C=N–C) groups is 2. The fourth-order valence-corrected chi connectivity index (χ4v) is 2.73. The van der Waals surface area contributed by atoms with Gasteiger partial charge in [0.1, 0.15) is 11.4 Å². The lowest BCUT2D eigenvalue weighted by Crippen LogP contribution is -2.28. The second-order valence-electron chi connectivity index (χ2n) is 5.29. The van der Waals surface area contributed by atoms with Gasteiger partial charge in [0.2, 0.25) is 0 Å². The third kappa shape index (κ3) is 2.04. The van der Waals surface area contributed by atoms with Crippen molar-refractivity contribution in [3.8, 4) is 5.75 Å². The van der Waals surface area contributed by atoms with Crippen molar-refractivity contribution in [1.29, 1.82) is 0 Å². The summed E-state index contributed by atoms with van der Waals surface area (Å²) in [6.07, 6.45) is 4.66. The van der Waals surface area contributed by atoms with Crippen LogP contribution in [0.25, 0.3) is 6.08 Å². The zero-order valence-corrected chi connectivity index (χ0v) is 12.1. The molecule has 3 aliphatic rings. The minimum atomic E-state index is -0.306. The van der Waals surface area contributed by atoms with Crippen LogP contribution < -0.4 is 4.74 Å². The van der Waals surface area contributed by atoms with Crippen LogP contribution in [0.2, 0.25) is 0 Å². The lowest BCUT2D eigenvalue weighted by molar-refractivity contribution is -0.114. The van der Waals surface area contributed by atoms with Crippen LogP contribution in [0, 0.1) is 0 Å². The Balaban J connectivity index is 1.69. The van der Waals surface area contributed by atoms with Crippen LogP contribution in [0.3, 0.4) is 0 Å². The van der Waals surface area contributed by atoms with E-state index in [-0.39, 0.29) is 5.91 Å². The largest absolute Gasteiger partial charge is 0.497 e. The quantitative estimate of drug-likeness (QED) is 0.786. The van der Waals surface area contributed by atoms with Crippen LogP contribution in [-0.2, 0) is 4.79 Å². The molecule has 110 valence electrons. The first kappa shape index (κ1) is 12.9. The summed E-state index contributed by atoms with van der Waals surface area (Å²) in [5.74, 6) is 0.847. The molecule has 1 amide bonds. The van der Waals surface area contributed by atoms with Crippen molar-refractivity contribution in [3.63, 3.8) is 0 Å². The Kier molecular flexibility index (Phi) is 2.89. The maximum atomic E-state index is 12.1. The number of methoxy groups -OCH3 is 1. The number of hydrogen-bond acceptors (Lipinski definition) is 5. The Bertz CT molecular complexity index is 772. The summed E-state index contributed by atoms with van der Waals surface area (Å²) >= 11 is 0. The van der Waals surface area contributed by atoms with Crippen molar-refractivity contribution < 1.29 is 9.53 Å². The highest BCUT2D eigenvalue weighted by atomic mass is 16.5. The molecule has 0 radical (unpaired) electrons. The van der Waals surface area contributed by atoms with Crippen LogP contribution in [0.15, 0.2) is 45.0 Å². The van der Waals surface area contributed by atoms with Crippen molar-refractivity contribution in [2.75, 3.05) is 7.11 Å². The predicted molar refractivity (Wildman–Crippen MR) is 84.0 cm³/mol. The molecule has 4 rings (SSSR count). The number of fused-ring (bicyclic) bond motifs is 2. The normalized spacial score (nSPS) is 21.3. The van der Waals surface area contributed by atoms with Gasteiger partial charge in [0.15, 0.2) is 0 Å². The molecular weight excluding hydrogens is 280 g/mol. The third-order valence-electron chi connectivity index (χ3n) is 3.87. The molecule has 6 heteroatoms. The molecule has 22 heavy (non-hydrogen) atoms. The average molecular weight is 294 g/mol.